The van der Waals surface area contributed by atoms with Crippen molar-refractivity contribution in [3.05, 3.63) is 115 Å². The Morgan fingerprint density at radius 2 is 0.383 bits per heavy atom. The van der Waals surface area contributed by atoms with Crippen LogP contribution in [0.5, 0.6) is 23.0 Å². The molecule has 0 aromatic heterocycles. The van der Waals surface area contributed by atoms with Gasteiger partial charge in [0, 0.05) is 101 Å². The molecular formula is C80H132N4O10. The van der Waals surface area contributed by atoms with Crippen LogP contribution < -0.4 is 0 Å². The monoisotopic (exact) mass is 1310 g/mol. The molecule has 0 radical (unpaired) electrons. The fourth-order valence-corrected chi connectivity index (χ4v) is 11.7. The summed E-state index contributed by atoms with van der Waals surface area (Å²) in [6.07, 6.45) is 0. The molecule has 0 amide bonds. The predicted octanol–water partition coefficient (Wildman–Crippen LogP) is 15.3. The number of nitrogens with zero attached hydrogens (tertiary/aromatic N) is 4. The molecule has 0 atom stereocenters. The van der Waals surface area contributed by atoms with Gasteiger partial charge in [-0.25, -0.2) is 0 Å². The topological polar surface area (TPSA) is 149 Å². The van der Waals surface area contributed by atoms with Crippen LogP contribution in [0.2, 0.25) is 0 Å². The number of ether oxygens (including phenoxy) is 6. The summed E-state index contributed by atoms with van der Waals surface area (Å²) in [5.41, 5.74) is 11.8. The smallest absolute Gasteiger partial charge is 0.123 e. The van der Waals surface area contributed by atoms with Crippen LogP contribution in [0.25, 0.3) is 0 Å². The van der Waals surface area contributed by atoms with Crippen LogP contribution in [0.3, 0.4) is 0 Å². The van der Waals surface area contributed by atoms with Crippen LogP contribution in [0.15, 0.2) is 48.5 Å². The van der Waals surface area contributed by atoms with Crippen LogP contribution in [0, 0.1) is 0 Å². The molecule has 0 unspecified atom stereocenters. The highest BCUT2D eigenvalue weighted by Crippen LogP contribution is 2.43. The maximum Gasteiger partial charge on any atom is 0.123 e. The molecule has 4 N–H and O–H groups in total. The molecule has 532 valence electrons. The Bertz CT molecular complexity index is 2590. The first-order valence-corrected chi connectivity index (χ1v) is 35.2. The summed E-state index contributed by atoms with van der Waals surface area (Å²) < 4.78 is 36.4. The van der Waals surface area contributed by atoms with E-state index in [0.29, 0.717) is 128 Å². The van der Waals surface area contributed by atoms with Crippen molar-refractivity contribution in [1.82, 2.24) is 19.6 Å². The zero-order valence-corrected chi connectivity index (χ0v) is 63.6. The standard InChI is InChI=1S/2C40H66N2O5/c2*1-37(2,3)31-23-29(35(43)33(25-31)39(7,8)9)27-41-13-17-45-18-14-42(16-20-47-22-21-46-19-15-41)28-30-24-32(38(4,5)6)26-34(36(30)44)40(10,11)12/h2*23-26,43-44H,13-22,27-28H2,1-12H3. The minimum Gasteiger partial charge on any atom is -0.507 e. The largest absolute Gasteiger partial charge is 0.507 e. The van der Waals surface area contributed by atoms with Crippen molar-refractivity contribution in [1.29, 1.82) is 0 Å². The van der Waals surface area contributed by atoms with Crippen LogP contribution in [-0.2, 0) is 97.9 Å². The van der Waals surface area contributed by atoms with Gasteiger partial charge in [-0.2, -0.15) is 0 Å². The number of rotatable bonds is 8. The fraction of sp³-hybridized carbons (Fsp3) is 0.700. The molecule has 0 aliphatic carbocycles. The lowest BCUT2D eigenvalue weighted by atomic mass is 9.79. The zero-order valence-electron chi connectivity index (χ0n) is 63.6. The molecule has 4 aromatic rings. The van der Waals surface area contributed by atoms with Gasteiger partial charge in [-0.15, -0.1) is 0 Å². The predicted molar refractivity (Wildman–Crippen MR) is 388 cm³/mol. The third kappa shape index (κ3) is 25.2. The lowest BCUT2D eigenvalue weighted by molar-refractivity contribution is 0.0310. The maximum atomic E-state index is 11.4. The van der Waals surface area contributed by atoms with Gasteiger partial charge in [0.2, 0.25) is 0 Å². The van der Waals surface area contributed by atoms with Crippen molar-refractivity contribution >= 4 is 0 Å². The van der Waals surface area contributed by atoms with E-state index in [1.54, 1.807) is 0 Å². The minimum absolute atomic E-state index is 0.0309. The summed E-state index contributed by atoms with van der Waals surface area (Å²) in [5.74, 6) is 1.56. The molecule has 2 aliphatic rings. The highest BCUT2D eigenvalue weighted by molar-refractivity contribution is 5.52. The van der Waals surface area contributed by atoms with Crippen molar-refractivity contribution in [3.63, 3.8) is 0 Å². The van der Waals surface area contributed by atoms with E-state index in [4.69, 9.17) is 28.4 Å². The molecular weight excluding hydrogens is 1180 g/mol. The maximum absolute atomic E-state index is 11.4. The number of hydrogen-bond donors (Lipinski definition) is 4. The average molecular weight is 1310 g/mol. The molecule has 14 heteroatoms. The van der Waals surface area contributed by atoms with Crippen molar-refractivity contribution in [3.8, 4) is 23.0 Å². The van der Waals surface area contributed by atoms with Gasteiger partial charge < -0.3 is 48.8 Å². The summed E-state index contributed by atoms with van der Waals surface area (Å²) >= 11 is 0. The van der Waals surface area contributed by atoms with Gasteiger partial charge in [0.25, 0.3) is 0 Å². The molecule has 4 aromatic carbocycles. The van der Waals surface area contributed by atoms with Crippen molar-refractivity contribution in [2.75, 3.05) is 132 Å². The van der Waals surface area contributed by atoms with E-state index in [2.05, 4.69) is 234 Å². The zero-order chi connectivity index (χ0) is 70.4. The number of hydrogen-bond acceptors (Lipinski definition) is 14. The summed E-state index contributed by atoms with van der Waals surface area (Å²) in [6, 6.07) is 17.4. The molecule has 2 fully saturated rings. The van der Waals surface area contributed by atoms with E-state index in [9.17, 15) is 20.4 Å². The summed E-state index contributed by atoms with van der Waals surface area (Å²) in [6.45, 7) is 67.6. The van der Waals surface area contributed by atoms with Gasteiger partial charge >= 0.3 is 0 Å². The van der Waals surface area contributed by atoms with Gasteiger partial charge in [0.1, 0.15) is 23.0 Å². The quantitative estimate of drug-likeness (QED) is 0.133. The summed E-state index contributed by atoms with van der Waals surface area (Å²) in [7, 11) is 0. The molecule has 2 heterocycles. The number of benzene rings is 4. The summed E-state index contributed by atoms with van der Waals surface area (Å²) in [5, 5.41) is 45.7. The van der Waals surface area contributed by atoms with E-state index in [0.717, 1.165) is 96.9 Å². The van der Waals surface area contributed by atoms with Crippen molar-refractivity contribution in [2.24, 2.45) is 0 Å². The molecule has 0 spiro atoms. The first-order valence-electron chi connectivity index (χ1n) is 35.2. The van der Waals surface area contributed by atoms with Crippen LogP contribution >= 0.6 is 0 Å². The lowest BCUT2D eigenvalue weighted by Crippen LogP contribution is -2.33. The number of phenols is 4. The first kappa shape index (κ1) is 80.4. The second kappa shape index (κ2) is 34.0. The molecule has 14 nitrogen and oxygen atoms in total. The Balaban J connectivity index is 0.000000341. The van der Waals surface area contributed by atoms with Gasteiger partial charge in [-0.1, -0.05) is 215 Å². The molecule has 0 saturated carbocycles. The van der Waals surface area contributed by atoms with Crippen LogP contribution in [-0.4, -0.2) is 172 Å². The van der Waals surface area contributed by atoms with Gasteiger partial charge in [0.15, 0.2) is 0 Å². The fourth-order valence-electron chi connectivity index (χ4n) is 11.7. The van der Waals surface area contributed by atoms with E-state index in [-0.39, 0.29) is 43.3 Å². The first-order chi connectivity index (χ1) is 43.3. The molecule has 2 saturated heterocycles. The molecule has 0 bridgehead atoms. The molecule has 6 rings (SSSR count). The second-order valence-electron chi connectivity index (χ2n) is 34.9. The highest BCUT2D eigenvalue weighted by atomic mass is 16.5. The average Bonchev–Trinajstić information content (AvgIpc) is 0.813. The third-order valence-electron chi connectivity index (χ3n) is 18.2. The highest BCUT2D eigenvalue weighted by Gasteiger charge is 2.31. The normalized spacial score (nSPS) is 18.1. The van der Waals surface area contributed by atoms with Gasteiger partial charge in [-0.3, -0.25) is 19.6 Å². The van der Waals surface area contributed by atoms with E-state index in [1.165, 1.54) is 22.3 Å². The van der Waals surface area contributed by atoms with Gasteiger partial charge in [-0.05, 0) is 87.8 Å². The summed E-state index contributed by atoms with van der Waals surface area (Å²) in [4.78, 5) is 9.26. The number of aromatic hydroxyl groups is 4. The van der Waals surface area contributed by atoms with Crippen LogP contribution in [0.4, 0.5) is 0 Å². The Hall–Kier alpha value is -4.32. The SMILES string of the molecule is CC(C)(C)c1cc(CN2CCOCCOCCN(Cc3cc(C(C)(C)C)cc(C(C)(C)C)c3O)CCOCC2)c(O)c(C(C)(C)C)c1.CC(C)(C)c1cc(CN2CCOCCOCCN(Cc3cc(C(C)(C)C)cc(C(C)(C)C)c3O)CCOCC2)c(O)c(C(C)(C)C)c1. The van der Waals surface area contributed by atoms with E-state index in [1.807, 2.05) is 0 Å². The Kier molecular flexibility index (Phi) is 29.0. The third-order valence-corrected chi connectivity index (χ3v) is 18.2. The van der Waals surface area contributed by atoms with Crippen LogP contribution in [0.1, 0.15) is 233 Å². The van der Waals surface area contributed by atoms with Gasteiger partial charge in [0.05, 0.1) is 79.3 Å². The number of phenolic OH excluding ortho intramolecular Hbond substituents is 4. The Morgan fingerprint density at radius 1 is 0.234 bits per heavy atom. The van der Waals surface area contributed by atoms with Crippen molar-refractivity contribution < 1.29 is 48.8 Å². The Morgan fingerprint density at radius 3 is 0.521 bits per heavy atom. The molecule has 2 aliphatic heterocycles. The second-order valence-corrected chi connectivity index (χ2v) is 34.9. The van der Waals surface area contributed by atoms with Crippen molar-refractivity contribution in [2.45, 2.75) is 236 Å². The minimum atomic E-state index is -0.172. The lowest BCUT2D eigenvalue weighted by Gasteiger charge is -2.30. The van der Waals surface area contributed by atoms with E-state index < -0.39 is 0 Å². The van der Waals surface area contributed by atoms with E-state index >= 15 is 0 Å². The Labute approximate surface area is 571 Å². The molecule has 94 heavy (non-hydrogen) atoms.